The molecule has 2 aromatic rings. The van der Waals surface area contributed by atoms with Gasteiger partial charge in [-0.3, -0.25) is 4.98 Å². The molecule has 0 N–H and O–H groups in total. The summed E-state index contributed by atoms with van der Waals surface area (Å²) in [5.74, 6) is 0.597. The van der Waals surface area contributed by atoms with Crippen LogP contribution in [0.1, 0.15) is 33.3 Å². The normalized spacial score (nSPS) is 12.3. The Labute approximate surface area is 97.5 Å². The number of fused-ring (bicyclic) bond motifs is 1. The van der Waals surface area contributed by atoms with E-state index in [1.54, 1.807) is 0 Å². The van der Waals surface area contributed by atoms with E-state index >= 15 is 0 Å². The van der Waals surface area contributed by atoms with Crippen LogP contribution in [0.2, 0.25) is 0 Å². The molecule has 0 unspecified atom stereocenters. The molecule has 0 aliphatic carbocycles. The van der Waals surface area contributed by atoms with Gasteiger partial charge in [0.05, 0.1) is 5.52 Å². The van der Waals surface area contributed by atoms with E-state index in [1.807, 2.05) is 12.3 Å². The van der Waals surface area contributed by atoms with Crippen molar-refractivity contribution in [3.05, 3.63) is 42.1 Å². The number of nitrogens with zero attached hydrogens (tertiary/aromatic N) is 1. The van der Waals surface area contributed by atoms with Crippen molar-refractivity contribution in [2.75, 3.05) is 0 Å². The summed E-state index contributed by atoms with van der Waals surface area (Å²) in [6, 6.07) is 10.6. The van der Waals surface area contributed by atoms with Gasteiger partial charge in [0.2, 0.25) is 0 Å². The van der Waals surface area contributed by atoms with Gasteiger partial charge in [0.25, 0.3) is 0 Å². The van der Waals surface area contributed by atoms with Gasteiger partial charge in [0.15, 0.2) is 0 Å². The molecule has 0 radical (unpaired) electrons. The molecule has 1 aromatic heterocycles. The summed E-state index contributed by atoms with van der Waals surface area (Å²) in [5, 5.41) is 1.23. The lowest BCUT2D eigenvalue weighted by molar-refractivity contribution is 0.374. The van der Waals surface area contributed by atoms with Gasteiger partial charge < -0.3 is 0 Å². The Morgan fingerprint density at radius 1 is 1.06 bits per heavy atom. The lowest BCUT2D eigenvalue weighted by Gasteiger charge is -2.30. The van der Waals surface area contributed by atoms with Crippen LogP contribution in [-0.4, -0.2) is 4.98 Å². The fraction of sp³-hybridized carbons (Fsp3) is 0.400. The van der Waals surface area contributed by atoms with Crippen LogP contribution in [-0.2, 0) is 5.41 Å². The number of aromatic nitrogens is 1. The molecule has 84 valence electrons. The first-order valence-corrected chi connectivity index (χ1v) is 5.87. The van der Waals surface area contributed by atoms with Gasteiger partial charge in [-0.25, -0.2) is 0 Å². The minimum atomic E-state index is 0.161. The zero-order chi connectivity index (χ0) is 11.8. The molecule has 0 aliphatic heterocycles. The Kier molecular flexibility index (Phi) is 2.71. The lowest BCUT2D eigenvalue weighted by atomic mass is 9.74. The molecule has 0 amide bonds. The average Bonchev–Trinajstić information content (AvgIpc) is 2.28. The number of rotatable bonds is 2. The predicted octanol–water partition coefficient (Wildman–Crippen LogP) is 4.17. The van der Waals surface area contributed by atoms with Gasteiger partial charge in [0.1, 0.15) is 0 Å². The standard InChI is InChI=1S/C15H19N/c1-11(2)15(3,4)13-9-5-7-12-8-6-10-16-14(12)13/h5-11H,1-4H3. The molecule has 0 atom stereocenters. The number of para-hydroxylation sites is 1. The molecule has 0 bridgehead atoms. The highest BCUT2D eigenvalue weighted by Crippen LogP contribution is 2.34. The maximum atomic E-state index is 4.53. The summed E-state index contributed by atoms with van der Waals surface area (Å²) in [7, 11) is 0. The van der Waals surface area contributed by atoms with Gasteiger partial charge in [-0.15, -0.1) is 0 Å². The Bertz CT molecular complexity index is 492. The van der Waals surface area contributed by atoms with Crippen LogP contribution in [0.4, 0.5) is 0 Å². The highest BCUT2D eigenvalue weighted by Gasteiger charge is 2.26. The highest BCUT2D eigenvalue weighted by atomic mass is 14.7. The summed E-state index contributed by atoms with van der Waals surface area (Å²) < 4.78 is 0. The minimum Gasteiger partial charge on any atom is -0.256 e. The average molecular weight is 213 g/mol. The number of pyridine rings is 1. The van der Waals surface area contributed by atoms with E-state index in [9.17, 15) is 0 Å². The van der Waals surface area contributed by atoms with Gasteiger partial charge in [-0.1, -0.05) is 52.0 Å². The second-order valence-electron chi connectivity index (χ2n) is 5.26. The molecule has 1 heteroatoms. The Hall–Kier alpha value is -1.37. The molecule has 1 aromatic carbocycles. The molecule has 1 heterocycles. The monoisotopic (exact) mass is 213 g/mol. The van der Waals surface area contributed by atoms with E-state index in [4.69, 9.17) is 0 Å². The highest BCUT2D eigenvalue weighted by molar-refractivity contribution is 5.82. The van der Waals surface area contributed by atoms with Crippen LogP contribution < -0.4 is 0 Å². The first-order valence-electron chi connectivity index (χ1n) is 5.87. The van der Waals surface area contributed by atoms with Crippen molar-refractivity contribution in [1.82, 2.24) is 4.98 Å². The largest absolute Gasteiger partial charge is 0.256 e. The molecular formula is C15H19N. The SMILES string of the molecule is CC(C)C(C)(C)c1cccc2cccnc12. The molecule has 0 saturated heterocycles. The third kappa shape index (κ3) is 1.71. The van der Waals surface area contributed by atoms with Gasteiger partial charge in [0, 0.05) is 11.6 Å². The summed E-state index contributed by atoms with van der Waals surface area (Å²) in [5.41, 5.74) is 2.65. The summed E-state index contributed by atoms with van der Waals surface area (Å²) in [4.78, 5) is 4.53. The maximum absolute atomic E-state index is 4.53. The quantitative estimate of drug-likeness (QED) is 0.729. The van der Waals surface area contributed by atoms with Crippen LogP contribution in [0.25, 0.3) is 10.9 Å². The minimum absolute atomic E-state index is 0.161. The van der Waals surface area contributed by atoms with E-state index in [0.717, 1.165) is 5.52 Å². The summed E-state index contributed by atoms with van der Waals surface area (Å²) in [6.45, 7) is 9.12. The molecular weight excluding hydrogens is 194 g/mol. The second kappa shape index (κ2) is 3.89. The molecule has 0 spiro atoms. The molecule has 16 heavy (non-hydrogen) atoms. The van der Waals surface area contributed by atoms with Crippen LogP contribution in [0.3, 0.4) is 0 Å². The Morgan fingerprint density at radius 2 is 1.75 bits per heavy atom. The number of hydrogen-bond acceptors (Lipinski definition) is 1. The van der Waals surface area contributed by atoms with Gasteiger partial charge >= 0.3 is 0 Å². The van der Waals surface area contributed by atoms with Gasteiger partial charge in [-0.2, -0.15) is 0 Å². The fourth-order valence-electron chi connectivity index (χ4n) is 1.94. The zero-order valence-corrected chi connectivity index (χ0v) is 10.5. The lowest BCUT2D eigenvalue weighted by Crippen LogP contribution is -2.24. The smallest absolute Gasteiger partial charge is 0.0739 e. The van der Waals surface area contributed by atoms with Crippen LogP contribution in [0.5, 0.6) is 0 Å². The first kappa shape index (κ1) is 11.1. The van der Waals surface area contributed by atoms with E-state index in [1.165, 1.54) is 10.9 Å². The molecule has 0 saturated carbocycles. The maximum Gasteiger partial charge on any atom is 0.0739 e. The Balaban J connectivity index is 2.70. The van der Waals surface area contributed by atoms with Crippen molar-refractivity contribution >= 4 is 10.9 Å². The van der Waals surface area contributed by atoms with Crippen LogP contribution >= 0.6 is 0 Å². The van der Waals surface area contributed by atoms with Crippen molar-refractivity contribution in [2.45, 2.75) is 33.1 Å². The van der Waals surface area contributed by atoms with Crippen molar-refractivity contribution in [2.24, 2.45) is 5.92 Å². The molecule has 1 nitrogen and oxygen atoms in total. The second-order valence-corrected chi connectivity index (χ2v) is 5.26. The van der Waals surface area contributed by atoms with Crippen molar-refractivity contribution in [1.29, 1.82) is 0 Å². The third-order valence-corrected chi connectivity index (χ3v) is 3.77. The first-order chi connectivity index (χ1) is 7.53. The Morgan fingerprint density at radius 3 is 2.44 bits per heavy atom. The zero-order valence-electron chi connectivity index (χ0n) is 10.5. The summed E-state index contributed by atoms with van der Waals surface area (Å²) in [6.07, 6.45) is 1.88. The summed E-state index contributed by atoms with van der Waals surface area (Å²) >= 11 is 0. The third-order valence-electron chi connectivity index (χ3n) is 3.77. The molecule has 2 rings (SSSR count). The topological polar surface area (TPSA) is 12.9 Å². The van der Waals surface area contributed by atoms with E-state index in [-0.39, 0.29) is 5.41 Å². The fourth-order valence-corrected chi connectivity index (χ4v) is 1.94. The van der Waals surface area contributed by atoms with E-state index in [2.05, 4.69) is 56.9 Å². The van der Waals surface area contributed by atoms with E-state index in [0.29, 0.717) is 5.92 Å². The van der Waals surface area contributed by atoms with Crippen LogP contribution in [0.15, 0.2) is 36.5 Å². The van der Waals surface area contributed by atoms with Crippen molar-refractivity contribution in [3.8, 4) is 0 Å². The predicted molar refractivity (Wildman–Crippen MR) is 69.6 cm³/mol. The van der Waals surface area contributed by atoms with E-state index < -0.39 is 0 Å². The van der Waals surface area contributed by atoms with Gasteiger partial charge in [-0.05, 0) is 23.0 Å². The molecule has 0 aliphatic rings. The van der Waals surface area contributed by atoms with Crippen molar-refractivity contribution in [3.63, 3.8) is 0 Å². The van der Waals surface area contributed by atoms with Crippen molar-refractivity contribution < 1.29 is 0 Å². The molecule has 0 fully saturated rings. The van der Waals surface area contributed by atoms with Crippen LogP contribution in [0, 0.1) is 5.92 Å². The number of benzene rings is 1. The number of hydrogen-bond donors (Lipinski definition) is 0.